The molecule has 0 spiro atoms. The standard InChI is InChI=1S/C60H112N2O11/c1-9-15-18-21-23-30-38-52(13-5)71-58(66)43-34-27-25-32-41-56(64)69-49-51(50-70-57(65)42-33-26-28-35-44-59(67)72-53(14-6)39-31-24-22-19-16-10-2)62(48-36-47-61(7)8)55(63)45-46-60(68)73-54(37-12-4)40-29-20-17-11-3/h51-54H,9-50H2,1-8H3/t52-,53-,54?/m0/s1. The topological polar surface area (TPSA) is 155 Å². The lowest BCUT2D eigenvalue weighted by Crippen LogP contribution is -2.47. The summed E-state index contributed by atoms with van der Waals surface area (Å²) in [5.41, 5.74) is 0. The van der Waals surface area contributed by atoms with E-state index in [0.29, 0.717) is 58.0 Å². The molecule has 0 aliphatic carbocycles. The number of hydrogen-bond acceptors (Lipinski definition) is 12. The first-order valence-electron chi connectivity index (χ1n) is 30.2. The summed E-state index contributed by atoms with van der Waals surface area (Å²) < 4.78 is 29.0. The number of ether oxygens (including phenoxy) is 5. The molecule has 0 rings (SSSR count). The average Bonchev–Trinajstić information content (AvgIpc) is 3.36. The number of esters is 5. The lowest BCUT2D eigenvalue weighted by Gasteiger charge is -2.32. The molecule has 1 unspecified atom stereocenters. The second-order valence-electron chi connectivity index (χ2n) is 21.0. The summed E-state index contributed by atoms with van der Waals surface area (Å²) in [6.45, 7) is 13.5. The first kappa shape index (κ1) is 69.8. The summed E-state index contributed by atoms with van der Waals surface area (Å²) in [4.78, 5) is 82.2. The van der Waals surface area contributed by atoms with Crippen LogP contribution in [-0.2, 0) is 52.5 Å². The van der Waals surface area contributed by atoms with E-state index in [1.54, 1.807) is 4.90 Å². The predicted octanol–water partition coefficient (Wildman–Crippen LogP) is 14.5. The molecule has 3 atom stereocenters. The second kappa shape index (κ2) is 49.6. The van der Waals surface area contributed by atoms with Crippen molar-refractivity contribution in [2.24, 2.45) is 0 Å². The smallest absolute Gasteiger partial charge is 0.306 e. The van der Waals surface area contributed by atoms with E-state index < -0.39 is 23.9 Å². The van der Waals surface area contributed by atoms with Crippen LogP contribution in [0, 0.1) is 0 Å². The Bertz CT molecular complexity index is 1310. The zero-order valence-corrected chi connectivity index (χ0v) is 48.4. The van der Waals surface area contributed by atoms with Crippen LogP contribution in [0.4, 0.5) is 0 Å². The summed E-state index contributed by atoms with van der Waals surface area (Å²) in [6.07, 6.45) is 31.8. The molecule has 0 radical (unpaired) electrons. The molecular weight excluding hydrogens is 925 g/mol. The molecule has 0 saturated heterocycles. The Hall–Kier alpha value is -3.22. The number of unbranched alkanes of at least 4 members (excludes halogenated alkanes) is 19. The van der Waals surface area contributed by atoms with Crippen molar-refractivity contribution in [2.75, 3.05) is 40.4 Å². The molecule has 0 aromatic rings. The fourth-order valence-corrected chi connectivity index (χ4v) is 9.07. The van der Waals surface area contributed by atoms with Gasteiger partial charge in [0.05, 0.1) is 12.5 Å². The third-order valence-electron chi connectivity index (χ3n) is 13.8. The lowest BCUT2D eigenvalue weighted by atomic mass is 10.1. The Morgan fingerprint density at radius 1 is 0.342 bits per heavy atom. The van der Waals surface area contributed by atoms with Crippen LogP contribution < -0.4 is 0 Å². The minimum Gasteiger partial charge on any atom is -0.463 e. The normalized spacial score (nSPS) is 12.6. The predicted molar refractivity (Wildman–Crippen MR) is 295 cm³/mol. The zero-order valence-electron chi connectivity index (χ0n) is 48.4. The molecular formula is C60H112N2O11. The van der Waals surface area contributed by atoms with Crippen LogP contribution in [0.25, 0.3) is 0 Å². The Morgan fingerprint density at radius 2 is 0.699 bits per heavy atom. The van der Waals surface area contributed by atoms with Gasteiger partial charge in [-0.1, -0.05) is 157 Å². The fraction of sp³-hybridized carbons (Fsp3) is 0.900. The maximum atomic E-state index is 14.0. The average molecular weight is 1040 g/mol. The van der Waals surface area contributed by atoms with Gasteiger partial charge >= 0.3 is 29.8 Å². The van der Waals surface area contributed by atoms with Gasteiger partial charge in [-0.15, -0.1) is 0 Å². The molecule has 428 valence electrons. The number of rotatable bonds is 52. The van der Waals surface area contributed by atoms with Crippen LogP contribution in [0.2, 0.25) is 0 Å². The highest BCUT2D eigenvalue weighted by Gasteiger charge is 2.28. The van der Waals surface area contributed by atoms with Gasteiger partial charge in [0, 0.05) is 38.6 Å². The molecule has 13 heteroatoms. The van der Waals surface area contributed by atoms with E-state index in [-0.39, 0.29) is 75.1 Å². The summed E-state index contributed by atoms with van der Waals surface area (Å²) in [5, 5.41) is 0. The molecule has 0 aromatic heterocycles. The largest absolute Gasteiger partial charge is 0.463 e. The molecule has 73 heavy (non-hydrogen) atoms. The zero-order chi connectivity index (χ0) is 54.2. The van der Waals surface area contributed by atoms with Crippen molar-refractivity contribution in [1.29, 1.82) is 0 Å². The molecule has 0 saturated carbocycles. The van der Waals surface area contributed by atoms with Gasteiger partial charge < -0.3 is 33.5 Å². The maximum absolute atomic E-state index is 14.0. The molecule has 0 N–H and O–H groups in total. The van der Waals surface area contributed by atoms with E-state index in [4.69, 9.17) is 23.7 Å². The van der Waals surface area contributed by atoms with Gasteiger partial charge in [0.2, 0.25) is 5.91 Å². The molecule has 0 fully saturated rings. The van der Waals surface area contributed by atoms with Gasteiger partial charge in [-0.25, -0.2) is 0 Å². The third kappa shape index (κ3) is 42.7. The molecule has 0 aromatic carbocycles. The fourth-order valence-electron chi connectivity index (χ4n) is 9.07. The highest BCUT2D eigenvalue weighted by Crippen LogP contribution is 2.19. The van der Waals surface area contributed by atoms with E-state index in [9.17, 15) is 28.8 Å². The molecule has 0 bridgehead atoms. The Labute approximate surface area is 446 Å². The van der Waals surface area contributed by atoms with Crippen molar-refractivity contribution < 1.29 is 52.5 Å². The van der Waals surface area contributed by atoms with E-state index in [2.05, 4.69) is 41.5 Å². The summed E-state index contributed by atoms with van der Waals surface area (Å²) in [7, 11) is 3.91. The highest BCUT2D eigenvalue weighted by atomic mass is 16.6. The monoisotopic (exact) mass is 1040 g/mol. The van der Waals surface area contributed by atoms with Crippen LogP contribution in [0.3, 0.4) is 0 Å². The first-order chi connectivity index (χ1) is 35.3. The molecule has 0 aliphatic rings. The van der Waals surface area contributed by atoms with Gasteiger partial charge in [0.15, 0.2) is 0 Å². The van der Waals surface area contributed by atoms with Crippen molar-refractivity contribution in [2.45, 2.75) is 310 Å². The number of hydrogen-bond donors (Lipinski definition) is 0. The number of amides is 1. The second-order valence-corrected chi connectivity index (χ2v) is 21.0. The molecule has 0 heterocycles. The molecule has 1 amide bonds. The minimum atomic E-state index is -0.747. The van der Waals surface area contributed by atoms with Crippen molar-refractivity contribution in [3.05, 3.63) is 0 Å². The van der Waals surface area contributed by atoms with Gasteiger partial charge in [-0.3, -0.25) is 28.8 Å². The van der Waals surface area contributed by atoms with Crippen LogP contribution in [0.5, 0.6) is 0 Å². The van der Waals surface area contributed by atoms with Crippen molar-refractivity contribution >= 4 is 35.8 Å². The van der Waals surface area contributed by atoms with Crippen molar-refractivity contribution in [3.8, 4) is 0 Å². The van der Waals surface area contributed by atoms with Gasteiger partial charge in [-0.2, -0.15) is 0 Å². The summed E-state index contributed by atoms with van der Waals surface area (Å²) >= 11 is 0. The van der Waals surface area contributed by atoms with E-state index in [1.165, 1.54) is 64.2 Å². The van der Waals surface area contributed by atoms with E-state index in [1.807, 2.05) is 19.0 Å². The Balaban J connectivity index is 5.43. The number of carbonyl (C=O) groups is 6. The third-order valence-corrected chi connectivity index (χ3v) is 13.8. The van der Waals surface area contributed by atoms with Crippen LogP contribution in [0.15, 0.2) is 0 Å². The maximum Gasteiger partial charge on any atom is 0.306 e. The first-order valence-corrected chi connectivity index (χ1v) is 30.2. The van der Waals surface area contributed by atoms with E-state index in [0.717, 1.165) is 109 Å². The van der Waals surface area contributed by atoms with Crippen molar-refractivity contribution in [3.63, 3.8) is 0 Å². The van der Waals surface area contributed by atoms with Crippen LogP contribution in [0.1, 0.15) is 286 Å². The summed E-state index contributed by atoms with van der Waals surface area (Å²) in [6, 6.07) is -0.747. The van der Waals surface area contributed by atoms with Crippen LogP contribution >= 0.6 is 0 Å². The van der Waals surface area contributed by atoms with Crippen LogP contribution in [-0.4, -0.2) is 110 Å². The molecule has 13 nitrogen and oxygen atoms in total. The van der Waals surface area contributed by atoms with Gasteiger partial charge in [0.25, 0.3) is 0 Å². The minimum absolute atomic E-state index is 0.0252. The van der Waals surface area contributed by atoms with Gasteiger partial charge in [-0.05, 0) is 111 Å². The quantitative estimate of drug-likeness (QED) is 0.0323. The SMILES string of the molecule is CCCCCCCC[C@H](CC)OC(=O)CCCCCCC(=O)OCC(COC(=O)CCCCCCC(=O)O[C@@H](CC)CCCCCCCC)N(CCCN(C)C)C(=O)CCC(=O)OC(CCC)CCCCCC. The summed E-state index contributed by atoms with van der Waals surface area (Å²) in [5.74, 6) is -1.82. The Morgan fingerprint density at radius 3 is 1.11 bits per heavy atom. The lowest BCUT2D eigenvalue weighted by molar-refractivity contribution is -0.156. The highest BCUT2D eigenvalue weighted by molar-refractivity contribution is 5.82. The molecule has 0 aliphatic heterocycles. The van der Waals surface area contributed by atoms with E-state index >= 15 is 0 Å². The number of nitrogens with zero attached hydrogens (tertiary/aromatic N) is 2. The van der Waals surface area contributed by atoms with Crippen molar-refractivity contribution in [1.82, 2.24) is 9.80 Å². The number of carbonyl (C=O) groups excluding carboxylic acids is 6. The van der Waals surface area contributed by atoms with Gasteiger partial charge in [0.1, 0.15) is 31.5 Å². The Kier molecular flexibility index (Phi) is 47.5.